The number of oxime groups is 1. The lowest BCUT2D eigenvalue weighted by Crippen LogP contribution is -2.12. The Bertz CT molecular complexity index is 876. The highest BCUT2D eigenvalue weighted by Gasteiger charge is 2.19. The Hall–Kier alpha value is -2.46. The van der Waals surface area contributed by atoms with Crippen molar-refractivity contribution in [3.63, 3.8) is 0 Å². The number of benzene rings is 2. The first-order valence-corrected chi connectivity index (χ1v) is 9.36. The van der Waals surface area contributed by atoms with E-state index in [-0.39, 0.29) is 5.92 Å². The van der Waals surface area contributed by atoms with E-state index in [1.807, 2.05) is 24.4 Å². The molecule has 0 aliphatic rings. The van der Waals surface area contributed by atoms with Crippen molar-refractivity contribution in [1.82, 2.24) is 4.98 Å². The molecule has 0 amide bonds. The molecule has 132 valence electrons. The molecule has 1 atom stereocenters. The smallest absolute Gasteiger partial charge is 0.0624 e. The molecule has 3 aromatic rings. The van der Waals surface area contributed by atoms with E-state index in [1.165, 1.54) is 16.7 Å². The van der Waals surface area contributed by atoms with Gasteiger partial charge >= 0.3 is 0 Å². The molecule has 0 fully saturated rings. The van der Waals surface area contributed by atoms with E-state index in [0.717, 1.165) is 15.7 Å². The first-order valence-electron chi connectivity index (χ1n) is 8.57. The number of aromatic nitrogens is 1. The Morgan fingerprint density at radius 3 is 2.50 bits per heavy atom. The maximum Gasteiger partial charge on any atom is 0.0624 e. The molecule has 0 aliphatic carbocycles. The molecule has 2 aromatic carbocycles. The SMILES string of the molecule is Cc1ccccc1C(C/C(Cc1cccnc1)=N\O)c1ccc(Br)cc1. The largest absolute Gasteiger partial charge is 0.411 e. The maximum absolute atomic E-state index is 9.60. The minimum atomic E-state index is 0.131. The second-order valence-corrected chi connectivity index (χ2v) is 7.28. The van der Waals surface area contributed by atoms with Crippen LogP contribution < -0.4 is 0 Å². The van der Waals surface area contributed by atoms with Gasteiger partial charge in [-0.2, -0.15) is 0 Å². The number of hydrogen-bond acceptors (Lipinski definition) is 3. The van der Waals surface area contributed by atoms with Crippen LogP contribution in [0.2, 0.25) is 0 Å². The molecule has 1 unspecified atom stereocenters. The summed E-state index contributed by atoms with van der Waals surface area (Å²) in [6.45, 7) is 2.12. The normalized spacial score (nSPS) is 12.8. The Morgan fingerprint density at radius 2 is 1.85 bits per heavy atom. The second-order valence-electron chi connectivity index (χ2n) is 6.37. The highest BCUT2D eigenvalue weighted by molar-refractivity contribution is 9.10. The van der Waals surface area contributed by atoms with Gasteiger partial charge in [-0.25, -0.2) is 0 Å². The van der Waals surface area contributed by atoms with Crippen LogP contribution in [0.25, 0.3) is 0 Å². The van der Waals surface area contributed by atoms with Crippen molar-refractivity contribution in [2.45, 2.75) is 25.7 Å². The predicted molar refractivity (Wildman–Crippen MR) is 109 cm³/mol. The monoisotopic (exact) mass is 408 g/mol. The van der Waals surface area contributed by atoms with Gasteiger partial charge in [-0.3, -0.25) is 4.98 Å². The van der Waals surface area contributed by atoms with Gasteiger partial charge in [0, 0.05) is 35.6 Å². The van der Waals surface area contributed by atoms with Crippen LogP contribution in [0.3, 0.4) is 0 Å². The van der Waals surface area contributed by atoms with Crippen molar-refractivity contribution >= 4 is 21.6 Å². The van der Waals surface area contributed by atoms with Crippen molar-refractivity contribution in [3.8, 4) is 0 Å². The molecule has 0 saturated carbocycles. The van der Waals surface area contributed by atoms with Crippen molar-refractivity contribution in [3.05, 3.63) is 99.8 Å². The van der Waals surface area contributed by atoms with Crippen LogP contribution in [0.15, 0.2) is 82.7 Å². The highest BCUT2D eigenvalue weighted by atomic mass is 79.9. The Kier molecular flexibility index (Phi) is 6.18. The average molecular weight is 409 g/mol. The topological polar surface area (TPSA) is 45.5 Å². The molecule has 0 bridgehead atoms. The maximum atomic E-state index is 9.60. The van der Waals surface area contributed by atoms with E-state index in [0.29, 0.717) is 12.8 Å². The zero-order chi connectivity index (χ0) is 18.4. The molecule has 0 saturated heterocycles. The average Bonchev–Trinajstić information content (AvgIpc) is 2.67. The van der Waals surface area contributed by atoms with Gasteiger partial charge in [-0.1, -0.05) is 63.6 Å². The zero-order valence-electron chi connectivity index (χ0n) is 14.6. The molecule has 0 radical (unpaired) electrons. The number of nitrogens with zero attached hydrogens (tertiary/aromatic N) is 2. The quantitative estimate of drug-likeness (QED) is 0.320. The van der Waals surface area contributed by atoms with Crippen molar-refractivity contribution < 1.29 is 5.21 Å². The second kappa shape index (κ2) is 8.77. The van der Waals surface area contributed by atoms with Crippen LogP contribution in [-0.2, 0) is 6.42 Å². The van der Waals surface area contributed by atoms with Crippen LogP contribution in [0.1, 0.15) is 34.6 Å². The Labute approximate surface area is 162 Å². The third kappa shape index (κ3) is 4.58. The number of pyridine rings is 1. The molecule has 3 rings (SSSR count). The third-order valence-electron chi connectivity index (χ3n) is 4.55. The zero-order valence-corrected chi connectivity index (χ0v) is 16.2. The lowest BCUT2D eigenvalue weighted by molar-refractivity contribution is 0.316. The summed E-state index contributed by atoms with van der Waals surface area (Å²) in [5.41, 5.74) is 5.48. The molecule has 1 N–H and O–H groups in total. The lowest BCUT2D eigenvalue weighted by atomic mass is 9.84. The number of halogens is 1. The molecule has 1 heterocycles. The van der Waals surface area contributed by atoms with Gasteiger partial charge in [0.25, 0.3) is 0 Å². The summed E-state index contributed by atoms with van der Waals surface area (Å²) in [5, 5.41) is 13.2. The standard InChI is InChI=1S/C22H21BrN2O/c1-16-5-2-3-7-21(16)22(18-8-10-19(23)11-9-18)14-20(25-26)13-17-6-4-12-24-15-17/h2-12,15,22,26H,13-14H2,1H3/b25-20-. The van der Waals surface area contributed by atoms with Crippen molar-refractivity contribution in [2.24, 2.45) is 5.16 Å². The fraction of sp³-hybridized carbons (Fsp3) is 0.182. The number of hydrogen-bond donors (Lipinski definition) is 1. The minimum absolute atomic E-state index is 0.131. The molecular formula is C22H21BrN2O. The van der Waals surface area contributed by atoms with Gasteiger partial charge < -0.3 is 5.21 Å². The summed E-state index contributed by atoms with van der Waals surface area (Å²) in [5.74, 6) is 0.131. The van der Waals surface area contributed by atoms with Gasteiger partial charge in [-0.15, -0.1) is 0 Å². The van der Waals surface area contributed by atoms with Crippen LogP contribution in [0, 0.1) is 6.92 Å². The number of rotatable bonds is 6. The first kappa shape index (κ1) is 18.3. The van der Waals surface area contributed by atoms with Crippen molar-refractivity contribution in [1.29, 1.82) is 0 Å². The van der Waals surface area contributed by atoms with Gasteiger partial charge in [-0.05, 0) is 47.4 Å². The van der Waals surface area contributed by atoms with Gasteiger partial charge in [0.05, 0.1) is 5.71 Å². The van der Waals surface area contributed by atoms with Crippen LogP contribution in [0.4, 0.5) is 0 Å². The summed E-state index contributed by atoms with van der Waals surface area (Å²) in [6, 6.07) is 20.6. The molecule has 26 heavy (non-hydrogen) atoms. The minimum Gasteiger partial charge on any atom is -0.411 e. The molecule has 1 aromatic heterocycles. The van der Waals surface area contributed by atoms with Crippen LogP contribution >= 0.6 is 15.9 Å². The fourth-order valence-electron chi connectivity index (χ4n) is 3.20. The van der Waals surface area contributed by atoms with Gasteiger partial charge in [0.15, 0.2) is 0 Å². The lowest BCUT2D eigenvalue weighted by Gasteiger charge is -2.21. The number of aryl methyl sites for hydroxylation is 1. The summed E-state index contributed by atoms with van der Waals surface area (Å²) < 4.78 is 1.05. The van der Waals surface area contributed by atoms with Crippen molar-refractivity contribution in [2.75, 3.05) is 0 Å². The molecule has 4 heteroatoms. The van der Waals surface area contributed by atoms with E-state index in [1.54, 1.807) is 6.20 Å². The summed E-state index contributed by atoms with van der Waals surface area (Å²) in [7, 11) is 0. The summed E-state index contributed by atoms with van der Waals surface area (Å²) >= 11 is 3.50. The van der Waals surface area contributed by atoms with E-state index in [9.17, 15) is 5.21 Å². The van der Waals surface area contributed by atoms with Gasteiger partial charge in [0.1, 0.15) is 0 Å². The molecule has 0 aliphatic heterocycles. The van der Waals surface area contributed by atoms with Gasteiger partial charge in [0.2, 0.25) is 0 Å². The van der Waals surface area contributed by atoms with E-state index >= 15 is 0 Å². The van der Waals surface area contributed by atoms with Crippen LogP contribution in [-0.4, -0.2) is 15.9 Å². The molecule has 0 spiro atoms. The summed E-state index contributed by atoms with van der Waals surface area (Å²) in [4.78, 5) is 4.15. The third-order valence-corrected chi connectivity index (χ3v) is 5.08. The Balaban J connectivity index is 1.92. The summed E-state index contributed by atoms with van der Waals surface area (Å²) in [6.07, 6.45) is 4.80. The molecular weight excluding hydrogens is 388 g/mol. The van der Waals surface area contributed by atoms with E-state index in [4.69, 9.17) is 0 Å². The van der Waals surface area contributed by atoms with Crippen LogP contribution in [0.5, 0.6) is 0 Å². The first-order chi connectivity index (χ1) is 12.7. The predicted octanol–water partition coefficient (Wildman–Crippen LogP) is 5.75. The Morgan fingerprint density at radius 1 is 1.08 bits per heavy atom. The van der Waals surface area contributed by atoms with E-state index in [2.05, 4.69) is 75.5 Å². The highest BCUT2D eigenvalue weighted by Crippen LogP contribution is 2.32. The fourth-order valence-corrected chi connectivity index (χ4v) is 3.47. The molecule has 3 nitrogen and oxygen atoms in total. The van der Waals surface area contributed by atoms with E-state index < -0.39 is 0 Å².